The van der Waals surface area contributed by atoms with Gasteiger partial charge in [0.1, 0.15) is 5.82 Å². The quantitative estimate of drug-likeness (QED) is 0.832. The molecule has 1 aliphatic heterocycles. The van der Waals surface area contributed by atoms with Gasteiger partial charge in [0.2, 0.25) is 0 Å². The Morgan fingerprint density at radius 3 is 2.59 bits per heavy atom. The Balaban J connectivity index is 2.27. The van der Waals surface area contributed by atoms with Crippen LogP contribution in [0.5, 0.6) is 0 Å². The van der Waals surface area contributed by atoms with E-state index in [1.807, 2.05) is 0 Å². The molecule has 3 unspecified atom stereocenters. The molecule has 0 bridgehead atoms. The summed E-state index contributed by atoms with van der Waals surface area (Å²) in [6.45, 7) is 0. The van der Waals surface area contributed by atoms with E-state index in [0.29, 0.717) is 0 Å². The van der Waals surface area contributed by atoms with Crippen LogP contribution in [0.4, 0.5) is 4.39 Å². The molecule has 0 radical (unpaired) electrons. The van der Waals surface area contributed by atoms with Crippen LogP contribution < -0.4 is 0 Å². The van der Waals surface area contributed by atoms with Crippen LogP contribution >= 0.6 is 0 Å². The standard InChI is InChI=1S/C10H11FO4S2/c11-7-2-1-3-8(4-7)16(13)10-6-17(14,15)5-9(10)12/h1-4,9-10,12H,5-6H2. The highest BCUT2D eigenvalue weighted by molar-refractivity contribution is 7.94. The summed E-state index contributed by atoms with van der Waals surface area (Å²) < 4.78 is 47.5. The van der Waals surface area contributed by atoms with Gasteiger partial charge >= 0.3 is 0 Å². The maximum absolute atomic E-state index is 12.9. The van der Waals surface area contributed by atoms with Crippen LogP contribution in [0.2, 0.25) is 0 Å². The number of sulfone groups is 1. The van der Waals surface area contributed by atoms with E-state index in [4.69, 9.17) is 0 Å². The zero-order chi connectivity index (χ0) is 12.6. The summed E-state index contributed by atoms with van der Waals surface area (Å²) in [5.74, 6) is -1.23. The number of hydrogen-bond acceptors (Lipinski definition) is 4. The Kier molecular flexibility index (Phi) is 3.33. The Labute approximate surface area is 101 Å². The molecule has 2 rings (SSSR count). The molecule has 1 saturated heterocycles. The largest absolute Gasteiger partial charge is 0.391 e. The third kappa shape index (κ3) is 2.72. The maximum atomic E-state index is 12.9. The first-order chi connectivity index (χ1) is 7.89. The number of benzene rings is 1. The van der Waals surface area contributed by atoms with E-state index in [9.17, 15) is 22.1 Å². The van der Waals surface area contributed by atoms with Crippen molar-refractivity contribution < 1.29 is 22.1 Å². The van der Waals surface area contributed by atoms with Gasteiger partial charge in [0, 0.05) is 4.90 Å². The van der Waals surface area contributed by atoms with Gasteiger partial charge in [-0.15, -0.1) is 0 Å². The fourth-order valence-corrected chi connectivity index (χ4v) is 5.79. The minimum atomic E-state index is -3.34. The fraction of sp³-hybridized carbons (Fsp3) is 0.400. The van der Waals surface area contributed by atoms with E-state index in [1.54, 1.807) is 0 Å². The van der Waals surface area contributed by atoms with Crippen molar-refractivity contribution in [1.82, 2.24) is 0 Å². The predicted octanol–water partition coefficient (Wildman–Crippen LogP) is 0.0912. The van der Waals surface area contributed by atoms with Gasteiger partial charge in [-0.05, 0) is 18.2 Å². The smallest absolute Gasteiger partial charge is 0.154 e. The summed E-state index contributed by atoms with van der Waals surface area (Å²) in [4.78, 5) is 0.200. The van der Waals surface area contributed by atoms with Crippen LogP contribution in [0.3, 0.4) is 0 Å². The Morgan fingerprint density at radius 2 is 2.06 bits per heavy atom. The molecule has 0 spiro atoms. The molecule has 0 amide bonds. The molecular formula is C10H11FO4S2. The van der Waals surface area contributed by atoms with Crippen molar-refractivity contribution in [3.63, 3.8) is 0 Å². The van der Waals surface area contributed by atoms with Crippen molar-refractivity contribution in [2.75, 3.05) is 11.5 Å². The zero-order valence-corrected chi connectivity index (χ0v) is 10.4. The molecule has 7 heteroatoms. The lowest BCUT2D eigenvalue weighted by Gasteiger charge is -2.12. The molecule has 3 atom stereocenters. The first-order valence-corrected chi connectivity index (χ1v) is 7.97. The highest BCUT2D eigenvalue weighted by atomic mass is 32.2. The number of aliphatic hydroxyl groups is 1. The summed E-state index contributed by atoms with van der Waals surface area (Å²) >= 11 is 0. The van der Waals surface area contributed by atoms with Gasteiger partial charge in [-0.3, -0.25) is 4.21 Å². The lowest BCUT2D eigenvalue weighted by Crippen LogP contribution is -2.28. The average Bonchev–Trinajstić information content (AvgIpc) is 2.51. The molecule has 1 aromatic carbocycles. The molecule has 0 aromatic heterocycles. The van der Waals surface area contributed by atoms with Crippen molar-refractivity contribution in [2.24, 2.45) is 0 Å². The average molecular weight is 278 g/mol. The zero-order valence-electron chi connectivity index (χ0n) is 8.74. The third-order valence-electron chi connectivity index (χ3n) is 2.58. The summed E-state index contributed by atoms with van der Waals surface area (Å²) in [6.07, 6.45) is -1.15. The summed E-state index contributed by atoms with van der Waals surface area (Å²) in [5.41, 5.74) is 0. The molecule has 4 nitrogen and oxygen atoms in total. The molecule has 1 heterocycles. The van der Waals surface area contributed by atoms with Gasteiger partial charge < -0.3 is 5.11 Å². The normalized spacial score (nSPS) is 29.1. The van der Waals surface area contributed by atoms with Crippen LogP contribution in [0.15, 0.2) is 29.2 Å². The third-order valence-corrected chi connectivity index (χ3v) is 6.25. The van der Waals surface area contributed by atoms with Gasteiger partial charge in [-0.2, -0.15) is 0 Å². The minimum Gasteiger partial charge on any atom is -0.391 e. The summed E-state index contributed by atoms with van der Waals surface area (Å²) in [5, 5.41) is 8.69. The predicted molar refractivity (Wildman–Crippen MR) is 61.3 cm³/mol. The first-order valence-electron chi connectivity index (χ1n) is 4.94. The summed E-state index contributed by atoms with van der Waals surface area (Å²) in [6, 6.07) is 5.16. The molecule has 1 aliphatic rings. The minimum absolute atomic E-state index is 0.200. The number of hydrogen-bond donors (Lipinski definition) is 1. The maximum Gasteiger partial charge on any atom is 0.154 e. The number of halogens is 1. The number of rotatable bonds is 2. The monoisotopic (exact) mass is 278 g/mol. The van der Waals surface area contributed by atoms with Crippen molar-refractivity contribution in [3.05, 3.63) is 30.1 Å². The van der Waals surface area contributed by atoms with Gasteiger partial charge in [-0.1, -0.05) is 6.07 Å². The Bertz CT molecular complexity index is 555. The fourth-order valence-electron chi connectivity index (χ4n) is 1.77. The second-order valence-electron chi connectivity index (χ2n) is 3.94. The molecule has 17 heavy (non-hydrogen) atoms. The van der Waals surface area contributed by atoms with E-state index in [2.05, 4.69) is 0 Å². The molecule has 1 fully saturated rings. The topological polar surface area (TPSA) is 71.4 Å². The van der Waals surface area contributed by atoms with E-state index in [1.165, 1.54) is 18.2 Å². The highest BCUT2D eigenvalue weighted by Gasteiger charge is 2.40. The van der Waals surface area contributed by atoms with Crippen molar-refractivity contribution >= 4 is 20.6 Å². The van der Waals surface area contributed by atoms with Crippen molar-refractivity contribution in [3.8, 4) is 0 Å². The second-order valence-corrected chi connectivity index (χ2v) is 7.76. The molecule has 0 aliphatic carbocycles. The lowest BCUT2D eigenvalue weighted by molar-refractivity contribution is 0.206. The van der Waals surface area contributed by atoms with Crippen LogP contribution in [0, 0.1) is 5.82 Å². The highest BCUT2D eigenvalue weighted by Crippen LogP contribution is 2.22. The van der Waals surface area contributed by atoms with E-state index < -0.39 is 37.8 Å². The summed E-state index contributed by atoms with van der Waals surface area (Å²) in [7, 11) is -5.06. The van der Waals surface area contributed by atoms with Crippen molar-refractivity contribution in [1.29, 1.82) is 0 Å². The Hall–Kier alpha value is -0.790. The molecule has 1 aromatic rings. The lowest BCUT2D eigenvalue weighted by atomic mass is 10.3. The van der Waals surface area contributed by atoms with E-state index in [0.717, 1.165) is 6.07 Å². The van der Waals surface area contributed by atoms with Crippen LogP contribution in [-0.2, 0) is 20.6 Å². The van der Waals surface area contributed by atoms with E-state index >= 15 is 0 Å². The number of aliphatic hydroxyl groups excluding tert-OH is 1. The van der Waals surface area contributed by atoms with E-state index in [-0.39, 0.29) is 16.4 Å². The molecular weight excluding hydrogens is 267 g/mol. The first kappa shape index (κ1) is 12.7. The second kappa shape index (κ2) is 4.47. The molecule has 1 N–H and O–H groups in total. The van der Waals surface area contributed by atoms with Gasteiger partial charge in [0.15, 0.2) is 9.84 Å². The van der Waals surface area contributed by atoms with Crippen molar-refractivity contribution in [2.45, 2.75) is 16.2 Å². The molecule has 0 saturated carbocycles. The van der Waals surface area contributed by atoms with Gasteiger partial charge in [0.25, 0.3) is 0 Å². The Morgan fingerprint density at radius 1 is 1.35 bits per heavy atom. The molecule has 94 valence electrons. The van der Waals surface area contributed by atoms with Crippen LogP contribution in [-0.4, -0.2) is 40.6 Å². The SMILES string of the molecule is O=S(c1cccc(F)c1)C1CS(=O)(=O)CC1O. The van der Waals surface area contributed by atoms with Gasteiger partial charge in [0.05, 0.1) is 33.7 Å². The van der Waals surface area contributed by atoms with Crippen LogP contribution in [0.25, 0.3) is 0 Å². The van der Waals surface area contributed by atoms with Crippen LogP contribution in [0.1, 0.15) is 0 Å². The van der Waals surface area contributed by atoms with Gasteiger partial charge in [-0.25, -0.2) is 12.8 Å².